The van der Waals surface area contributed by atoms with E-state index in [2.05, 4.69) is 4.90 Å². The van der Waals surface area contributed by atoms with Crippen LogP contribution in [0.25, 0.3) is 0 Å². The Morgan fingerprint density at radius 1 is 1.16 bits per heavy atom. The minimum atomic E-state index is -0.558. The largest absolute Gasteiger partial charge is 0.490 e. The number of nitrogens with zero attached hydrogens (tertiary/aromatic N) is 3. The monoisotopic (exact) mass is 431 g/mol. The van der Waals surface area contributed by atoms with Crippen LogP contribution in [0.1, 0.15) is 19.4 Å². The molecule has 0 bridgehead atoms. The molecule has 0 radical (unpaired) electrons. The lowest BCUT2D eigenvalue weighted by molar-refractivity contribution is -0.385. The first-order valence-corrected chi connectivity index (χ1v) is 10.0. The standard InChI is InChI=1S/C22H26FN3O5/c1-15-12-25(16(2)11-24(15)13-17-4-6-18(23)7-5-17)22(27)14-31-19-8-9-21(30-3)20(10-19)26(28)29/h4-10,15-16H,11-14H2,1-3H3/t15-,16+/m0/s1. The second kappa shape index (κ2) is 9.74. The third-order valence-electron chi connectivity index (χ3n) is 5.44. The molecule has 0 aromatic heterocycles. The molecule has 2 aromatic carbocycles. The van der Waals surface area contributed by atoms with Gasteiger partial charge in [0.05, 0.1) is 18.1 Å². The number of benzene rings is 2. The molecule has 0 saturated carbocycles. The zero-order valence-electron chi connectivity index (χ0n) is 17.8. The lowest BCUT2D eigenvalue weighted by atomic mass is 10.1. The first-order chi connectivity index (χ1) is 14.8. The number of carbonyl (C=O) groups excluding carboxylic acids is 1. The number of ether oxygens (including phenoxy) is 2. The van der Waals surface area contributed by atoms with Crippen molar-refractivity contribution in [2.24, 2.45) is 0 Å². The predicted octanol–water partition coefficient (Wildman–Crippen LogP) is 3.24. The van der Waals surface area contributed by atoms with Crippen LogP contribution >= 0.6 is 0 Å². The van der Waals surface area contributed by atoms with Crippen LogP contribution in [0.3, 0.4) is 0 Å². The van der Waals surface area contributed by atoms with Crippen molar-refractivity contribution in [3.63, 3.8) is 0 Å². The molecular weight excluding hydrogens is 405 g/mol. The molecule has 1 aliphatic heterocycles. The molecule has 0 unspecified atom stereocenters. The summed E-state index contributed by atoms with van der Waals surface area (Å²) in [5, 5.41) is 11.1. The predicted molar refractivity (Wildman–Crippen MR) is 113 cm³/mol. The Morgan fingerprint density at radius 3 is 2.52 bits per heavy atom. The summed E-state index contributed by atoms with van der Waals surface area (Å²) in [4.78, 5) is 27.4. The summed E-state index contributed by atoms with van der Waals surface area (Å²) in [6.45, 7) is 5.70. The Hall–Kier alpha value is -3.20. The highest BCUT2D eigenvalue weighted by Gasteiger charge is 2.32. The van der Waals surface area contributed by atoms with E-state index in [4.69, 9.17) is 9.47 Å². The summed E-state index contributed by atoms with van der Waals surface area (Å²) in [7, 11) is 1.35. The maximum atomic E-state index is 13.1. The SMILES string of the molecule is COc1ccc(OCC(=O)N2C[C@H](C)N(Cc3ccc(F)cc3)C[C@H]2C)cc1[N+](=O)[O-]. The quantitative estimate of drug-likeness (QED) is 0.494. The van der Waals surface area contributed by atoms with Gasteiger partial charge in [0.25, 0.3) is 5.91 Å². The fourth-order valence-electron chi connectivity index (χ4n) is 3.72. The van der Waals surface area contributed by atoms with Crippen molar-refractivity contribution in [1.29, 1.82) is 0 Å². The Balaban J connectivity index is 1.58. The highest BCUT2D eigenvalue weighted by atomic mass is 19.1. The van der Waals surface area contributed by atoms with Crippen molar-refractivity contribution in [2.75, 3.05) is 26.8 Å². The first-order valence-electron chi connectivity index (χ1n) is 10.0. The van der Waals surface area contributed by atoms with Gasteiger partial charge >= 0.3 is 5.69 Å². The second-order valence-corrected chi connectivity index (χ2v) is 7.68. The van der Waals surface area contributed by atoms with Crippen LogP contribution < -0.4 is 9.47 Å². The Kier molecular flexibility index (Phi) is 7.06. The van der Waals surface area contributed by atoms with Crippen LogP contribution in [0.2, 0.25) is 0 Å². The fraction of sp³-hybridized carbons (Fsp3) is 0.409. The van der Waals surface area contributed by atoms with E-state index in [0.717, 1.165) is 5.56 Å². The number of carbonyl (C=O) groups is 1. The average Bonchev–Trinajstić information content (AvgIpc) is 2.75. The first kappa shape index (κ1) is 22.5. The van der Waals surface area contributed by atoms with E-state index in [0.29, 0.717) is 19.6 Å². The van der Waals surface area contributed by atoms with Crippen molar-refractivity contribution in [3.05, 3.63) is 64.0 Å². The highest BCUT2D eigenvalue weighted by molar-refractivity contribution is 5.78. The van der Waals surface area contributed by atoms with Crippen molar-refractivity contribution in [2.45, 2.75) is 32.5 Å². The topological polar surface area (TPSA) is 85.2 Å². The molecule has 166 valence electrons. The van der Waals surface area contributed by atoms with E-state index in [1.807, 2.05) is 13.8 Å². The van der Waals surface area contributed by atoms with Gasteiger partial charge in [0.1, 0.15) is 11.6 Å². The Morgan fingerprint density at radius 2 is 1.87 bits per heavy atom. The molecule has 0 spiro atoms. The van der Waals surface area contributed by atoms with Crippen molar-refractivity contribution in [1.82, 2.24) is 9.80 Å². The number of nitro benzene ring substituents is 1. The highest BCUT2D eigenvalue weighted by Crippen LogP contribution is 2.30. The zero-order valence-corrected chi connectivity index (χ0v) is 17.8. The van der Waals surface area contributed by atoms with E-state index in [9.17, 15) is 19.3 Å². The molecule has 2 atom stereocenters. The smallest absolute Gasteiger partial charge is 0.314 e. The number of hydrogen-bond donors (Lipinski definition) is 0. The average molecular weight is 431 g/mol. The van der Waals surface area contributed by atoms with E-state index in [1.54, 1.807) is 17.0 Å². The maximum absolute atomic E-state index is 13.1. The minimum Gasteiger partial charge on any atom is -0.490 e. The van der Waals surface area contributed by atoms with Crippen LogP contribution in [-0.4, -0.2) is 59.5 Å². The minimum absolute atomic E-state index is 0.0297. The molecule has 2 aromatic rings. The summed E-state index contributed by atoms with van der Waals surface area (Å²) >= 11 is 0. The van der Waals surface area contributed by atoms with Gasteiger partial charge in [0.15, 0.2) is 12.4 Å². The van der Waals surface area contributed by atoms with E-state index in [-0.39, 0.29) is 47.6 Å². The number of methoxy groups -OCH3 is 1. The number of halogens is 1. The number of hydrogen-bond acceptors (Lipinski definition) is 6. The lowest BCUT2D eigenvalue weighted by Gasteiger charge is -2.44. The molecule has 1 heterocycles. The van der Waals surface area contributed by atoms with Crippen LogP contribution in [0.5, 0.6) is 11.5 Å². The molecule has 31 heavy (non-hydrogen) atoms. The van der Waals surface area contributed by atoms with Crippen molar-refractivity contribution >= 4 is 11.6 Å². The van der Waals surface area contributed by atoms with Gasteiger partial charge in [-0.3, -0.25) is 19.8 Å². The van der Waals surface area contributed by atoms with Crippen LogP contribution in [0, 0.1) is 15.9 Å². The third-order valence-corrected chi connectivity index (χ3v) is 5.44. The van der Waals surface area contributed by atoms with Gasteiger partial charge in [-0.05, 0) is 43.7 Å². The summed E-state index contributed by atoms with van der Waals surface area (Å²) in [6, 6.07) is 10.7. The summed E-state index contributed by atoms with van der Waals surface area (Å²) in [6.07, 6.45) is 0. The van der Waals surface area contributed by atoms with Gasteiger partial charge in [-0.2, -0.15) is 0 Å². The summed E-state index contributed by atoms with van der Waals surface area (Å²) in [5.74, 6) is -0.0816. The van der Waals surface area contributed by atoms with Crippen LogP contribution in [0.4, 0.5) is 10.1 Å². The molecule has 8 nitrogen and oxygen atoms in total. The molecule has 0 N–H and O–H groups in total. The summed E-state index contributed by atoms with van der Waals surface area (Å²) in [5.41, 5.74) is 0.800. The molecule has 1 aliphatic rings. The van der Waals surface area contributed by atoms with Crippen LogP contribution in [-0.2, 0) is 11.3 Å². The summed E-state index contributed by atoms with van der Waals surface area (Å²) < 4.78 is 23.6. The van der Waals surface area contributed by atoms with E-state index >= 15 is 0 Å². The zero-order chi connectivity index (χ0) is 22.5. The molecule has 1 fully saturated rings. The fourth-order valence-corrected chi connectivity index (χ4v) is 3.72. The second-order valence-electron chi connectivity index (χ2n) is 7.68. The molecule has 1 amide bonds. The van der Waals surface area contributed by atoms with Gasteiger partial charge in [0.2, 0.25) is 0 Å². The van der Waals surface area contributed by atoms with Crippen molar-refractivity contribution in [3.8, 4) is 11.5 Å². The number of amides is 1. The van der Waals surface area contributed by atoms with Gasteiger partial charge < -0.3 is 14.4 Å². The number of rotatable bonds is 7. The number of nitro groups is 1. The molecular formula is C22H26FN3O5. The maximum Gasteiger partial charge on any atom is 0.314 e. The number of piperazine rings is 1. The normalized spacial score (nSPS) is 19.2. The third kappa shape index (κ3) is 5.49. The Labute approximate surface area is 180 Å². The van der Waals surface area contributed by atoms with Gasteiger partial charge in [-0.1, -0.05) is 12.1 Å². The molecule has 1 saturated heterocycles. The lowest BCUT2D eigenvalue weighted by Crippen LogP contribution is -2.58. The van der Waals surface area contributed by atoms with Crippen molar-refractivity contribution < 1.29 is 23.6 Å². The Bertz CT molecular complexity index is 937. The molecule has 0 aliphatic carbocycles. The molecule has 3 rings (SSSR count). The molecule has 9 heteroatoms. The van der Waals surface area contributed by atoms with Crippen LogP contribution in [0.15, 0.2) is 42.5 Å². The van der Waals surface area contributed by atoms with E-state index < -0.39 is 4.92 Å². The van der Waals surface area contributed by atoms with Gasteiger partial charge in [0, 0.05) is 31.7 Å². The van der Waals surface area contributed by atoms with E-state index in [1.165, 1.54) is 37.4 Å². The van der Waals surface area contributed by atoms with Gasteiger partial charge in [-0.15, -0.1) is 0 Å². The van der Waals surface area contributed by atoms with Gasteiger partial charge in [-0.25, -0.2) is 4.39 Å².